The van der Waals surface area contributed by atoms with Crippen LogP contribution in [-0.4, -0.2) is 25.2 Å². The third-order valence-electron chi connectivity index (χ3n) is 3.99. The Kier molecular flexibility index (Phi) is 5.02. The van der Waals surface area contributed by atoms with Gasteiger partial charge in [-0.3, -0.25) is 0 Å². The highest BCUT2D eigenvalue weighted by atomic mass is 79.9. The average Bonchev–Trinajstić information content (AvgIpc) is 2.42. The van der Waals surface area contributed by atoms with Crippen LogP contribution < -0.4 is 10.2 Å². The summed E-state index contributed by atoms with van der Waals surface area (Å²) < 4.78 is 28.2. The van der Waals surface area contributed by atoms with Crippen molar-refractivity contribution in [3.05, 3.63) is 28.2 Å². The summed E-state index contributed by atoms with van der Waals surface area (Å²) in [5, 5.41) is 3.48. The molecule has 1 aromatic carbocycles. The van der Waals surface area contributed by atoms with E-state index < -0.39 is 5.82 Å². The first-order valence-corrected chi connectivity index (χ1v) is 7.87. The van der Waals surface area contributed by atoms with Crippen molar-refractivity contribution in [2.75, 3.05) is 18.0 Å². The number of anilines is 1. The van der Waals surface area contributed by atoms with Gasteiger partial charge in [-0.2, -0.15) is 0 Å². The van der Waals surface area contributed by atoms with Crippen LogP contribution in [0.2, 0.25) is 0 Å². The topological polar surface area (TPSA) is 15.3 Å². The smallest absolute Gasteiger partial charge is 0.147 e. The van der Waals surface area contributed by atoms with Crippen molar-refractivity contribution < 1.29 is 8.78 Å². The molecule has 0 radical (unpaired) electrons. The summed E-state index contributed by atoms with van der Waals surface area (Å²) in [6.45, 7) is 7.83. The van der Waals surface area contributed by atoms with E-state index in [0.717, 1.165) is 13.0 Å². The largest absolute Gasteiger partial charge is 0.363 e. The molecule has 20 heavy (non-hydrogen) atoms. The van der Waals surface area contributed by atoms with Crippen molar-refractivity contribution in [2.24, 2.45) is 5.92 Å². The van der Waals surface area contributed by atoms with Crippen LogP contribution >= 0.6 is 15.9 Å². The quantitative estimate of drug-likeness (QED) is 0.834. The minimum Gasteiger partial charge on any atom is -0.363 e. The van der Waals surface area contributed by atoms with E-state index in [9.17, 15) is 8.78 Å². The van der Waals surface area contributed by atoms with E-state index in [1.807, 2.05) is 4.90 Å². The number of hydrogen-bond acceptors (Lipinski definition) is 2. The molecule has 1 heterocycles. The van der Waals surface area contributed by atoms with Crippen LogP contribution in [0, 0.1) is 17.6 Å². The minimum atomic E-state index is -0.421. The lowest BCUT2D eigenvalue weighted by molar-refractivity contribution is 0.330. The van der Waals surface area contributed by atoms with E-state index >= 15 is 0 Å². The Balaban J connectivity index is 2.37. The molecule has 0 spiro atoms. The van der Waals surface area contributed by atoms with Crippen molar-refractivity contribution >= 4 is 21.6 Å². The molecule has 1 saturated heterocycles. The van der Waals surface area contributed by atoms with Gasteiger partial charge in [-0.05, 0) is 34.3 Å². The molecule has 1 aliphatic heterocycles. The highest BCUT2D eigenvalue weighted by Crippen LogP contribution is 2.30. The molecule has 1 N–H and O–H groups in total. The Hall–Kier alpha value is -0.680. The highest BCUT2D eigenvalue weighted by Gasteiger charge is 2.31. The zero-order valence-corrected chi connectivity index (χ0v) is 13.7. The average molecular weight is 347 g/mol. The summed E-state index contributed by atoms with van der Waals surface area (Å²) in [5.74, 6) is -0.428. The molecule has 0 aliphatic carbocycles. The monoisotopic (exact) mass is 346 g/mol. The highest BCUT2D eigenvalue weighted by molar-refractivity contribution is 9.10. The van der Waals surface area contributed by atoms with Gasteiger partial charge in [-0.1, -0.05) is 20.8 Å². The van der Waals surface area contributed by atoms with Gasteiger partial charge < -0.3 is 10.2 Å². The third-order valence-corrected chi connectivity index (χ3v) is 4.60. The molecule has 0 amide bonds. The van der Waals surface area contributed by atoms with E-state index in [4.69, 9.17) is 0 Å². The summed E-state index contributed by atoms with van der Waals surface area (Å²) in [6.07, 6.45) is 0.974. The van der Waals surface area contributed by atoms with Gasteiger partial charge in [0.15, 0.2) is 0 Å². The van der Waals surface area contributed by atoms with Crippen LogP contribution in [0.3, 0.4) is 0 Å². The molecule has 2 rings (SSSR count). The zero-order chi connectivity index (χ0) is 14.9. The fraction of sp³-hybridized carbons (Fsp3) is 0.600. The maximum Gasteiger partial charge on any atom is 0.147 e. The second kappa shape index (κ2) is 6.39. The molecule has 2 unspecified atom stereocenters. The number of hydrogen-bond donors (Lipinski definition) is 1. The zero-order valence-electron chi connectivity index (χ0n) is 12.1. The fourth-order valence-electron chi connectivity index (χ4n) is 2.71. The van der Waals surface area contributed by atoms with Crippen LogP contribution in [0.15, 0.2) is 16.6 Å². The first-order valence-electron chi connectivity index (χ1n) is 7.08. The Morgan fingerprint density at radius 1 is 1.35 bits per heavy atom. The van der Waals surface area contributed by atoms with Crippen LogP contribution in [-0.2, 0) is 0 Å². The lowest BCUT2D eigenvalue weighted by Gasteiger charge is -2.44. The molecular weight excluding hydrogens is 326 g/mol. The van der Waals surface area contributed by atoms with Gasteiger partial charge in [0, 0.05) is 31.2 Å². The Labute approximate surface area is 127 Å². The summed E-state index contributed by atoms with van der Waals surface area (Å²) in [6, 6.07) is 3.00. The first kappa shape index (κ1) is 15.7. The van der Waals surface area contributed by atoms with Gasteiger partial charge in [0.25, 0.3) is 0 Å². The SMILES string of the molecule is CCC1CN(c2cc(F)c(Br)cc2F)C(C(C)C)CN1. The molecule has 2 atom stereocenters. The maximum atomic E-state index is 14.2. The Morgan fingerprint density at radius 2 is 2.05 bits per heavy atom. The first-order chi connectivity index (χ1) is 9.43. The predicted octanol–water partition coefficient (Wildman–Crippen LogP) is 3.94. The Bertz CT molecular complexity index is 479. The molecule has 1 aromatic rings. The van der Waals surface area contributed by atoms with Gasteiger partial charge in [0.05, 0.1) is 10.2 Å². The molecule has 112 valence electrons. The number of halogens is 3. The van der Waals surface area contributed by atoms with E-state index in [2.05, 4.69) is 42.0 Å². The van der Waals surface area contributed by atoms with Gasteiger partial charge in [-0.15, -0.1) is 0 Å². The van der Waals surface area contributed by atoms with Gasteiger partial charge in [0.1, 0.15) is 11.6 Å². The summed E-state index contributed by atoms with van der Waals surface area (Å²) >= 11 is 3.03. The summed E-state index contributed by atoms with van der Waals surface area (Å²) in [4.78, 5) is 2.01. The summed E-state index contributed by atoms with van der Waals surface area (Å²) in [5.41, 5.74) is 0.365. The number of benzene rings is 1. The van der Waals surface area contributed by atoms with Crippen LogP contribution in [0.25, 0.3) is 0 Å². The lowest BCUT2D eigenvalue weighted by atomic mass is 9.96. The van der Waals surface area contributed by atoms with Crippen molar-refractivity contribution in [2.45, 2.75) is 39.3 Å². The maximum absolute atomic E-state index is 14.2. The van der Waals surface area contributed by atoms with Gasteiger partial charge in [-0.25, -0.2) is 8.78 Å². The fourth-order valence-corrected chi connectivity index (χ4v) is 3.03. The van der Waals surface area contributed by atoms with Crippen LogP contribution in [0.1, 0.15) is 27.2 Å². The lowest BCUT2D eigenvalue weighted by Crippen LogP contribution is -2.58. The molecule has 5 heteroatoms. The molecule has 1 aliphatic rings. The molecule has 2 nitrogen and oxygen atoms in total. The third kappa shape index (κ3) is 3.14. The van der Waals surface area contributed by atoms with Crippen molar-refractivity contribution in [3.63, 3.8) is 0 Å². The van der Waals surface area contributed by atoms with E-state index in [1.54, 1.807) is 0 Å². The summed E-state index contributed by atoms with van der Waals surface area (Å²) in [7, 11) is 0. The molecular formula is C15H21BrF2N2. The molecule has 0 bridgehead atoms. The number of piperazine rings is 1. The Morgan fingerprint density at radius 3 is 2.65 bits per heavy atom. The number of nitrogens with zero attached hydrogens (tertiary/aromatic N) is 1. The van der Waals surface area contributed by atoms with Crippen molar-refractivity contribution in [3.8, 4) is 0 Å². The molecule has 0 saturated carbocycles. The predicted molar refractivity (Wildman–Crippen MR) is 82.1 cm³/mol. The van der Waals surface area contributed by atoms with Crippen LogP contribution in [0.4, 0.5) is 14.5 Å². The van der Waals surface area contributed by atoms with E-state index in [1.165, 1.54) is 12.1 Å². The second-order valence-corrected chi connectivity index (χ2v) is 6.55. The van der Waals surface area contributed by atoms with Crippen molar-refractivity contribution in [1.82, 2.24) is 5.32 Å². The van der Waals surface area contributed by atoms with Crippen molar-refractivity contribution in [1.29, 1.82) is 0 Å². The van der Waals surface area contributed by atoms with Gasteiger partial charge >= 0.3 is 0 Å². The van der Waals surface area contributed by atoms with E-state index in [-0.39, 0.29) is 16.3 Å². The number of nitrogens with one attached hydrogen (secondary N) is 1. The second-order valence-electron chi connectivity index (χ2n) is 5.69. The van der Waals surface area contributed by atoms with Crippen LogP contribution in [0.5, 0.6) is 0 Å². The van der Waals surface area contributed by atoms with Gasteiger partial charge in [0.2, 0.25) is 0 Å². The normalized spacial score (nSPS) is 23.4. The standard InChI is InChI=1S/C15H21BrF2N2/c1-4-10-8-20(15(7-19-10)9(2)3)14-6-12(17)11(16)5-13(14)18/h5-6,9-10,15,19H,4,7-8H2,1-3H3. The van der Waals surface area contributed by atoms with E-state index in [0.29, 0.717) is 24.2 Å². The minimum absolute atomic E-state index is 0.169. The number of rotatable bonds is 3. The molecule has 0 aromatic heterocycles. The molecule has 1 fully saturated rings.